The van der Waals surface area contributed by atoms with Crippen LogP contribution in [0.3, 0.4) is 0 Å². The summed E-state index contributed by atoms with van der Waals surface area (Å²) in [4.78, 5) is 16.5. The van der Waals surface area contributed by atoms with Gasteiger partial charge in [0.25, 0.3) is 0 Å². The zero-order chi connectivity index (χ0) is 17.5. The van der Waals surface area contributed by atoms with Gasteiger partial charge in [-0.1, -0.05) is 49.4 Å². The number of nitrogens with one attached hydrogen (secondary N) is 1. The standard InChI is InChI=1S/C21H25N3O/c1-2-9-21(25)22-16-20-23-18-13-6-7-14-19(18)24(20)15-8-12-17-10-4-3-5-11-17/h3-7,10-11,13-14H,2,8-9,12,15-16H2,1H3,(H,22,25). The van der Waals surface area contributed by atoms with E-state index in [1.807, 2.05) is 31.2 Å². The highest BCUT2D eigenvalue weighted by Crippen LogP contribution is 2.17. The van der Waals surface area contributed by atoms with Gasteiger partial charge in [0.2, 0.25) is 5.91 Å². The summed E-state index contributed by atoms with van der Waals surface area (Å²) in [6.45, 7) is 3.39. The Morgan fingerprint density at radius 1 is 1.08 bits per heavy atom. The Kier molecular flexibility index (Phi) is 5.83. The third-order valence-corrected chi connectivity index (χ3v) is 4.34. The molecule has 0 saturated heterocycles. The lowest BCUT2D eigenvalue weighted by Crippen LogP contribution is -2.24. The summed E-state index contributed by atoms with van der Waals surface area (Å²) >= 11 is 0. The van der Waals surface area contributed by atoms with Gasteiger partial charge in [0.1, 0.15) is 5.82 Å². The molecule has 0 radical (unpaired) electrons. The number of hydrogen-bond donors (Lipinski definition) is 1. The number of para-hydroxylation sites is 2. The third-order valence-electron chi connectivity index (χ3n) is 4.34. The van der Waals surface area contributed by atoms with E-state index in [4.69, 9.17) is 4.98 Å². The first-order valence-electron chi connectivity index (χ1n) is 9.02. The van der Waals surface area contributed by atoms with Crippen LogP contribution in [0, 0.1) is 0 Å². The second kappa shape index (κ2) is 8.47. The number of aryl methyl sites for hydroxylation is 2. The van der Waals surface area contributed by atoms with Crippen LogP contribution in [0.5, 0.6) is 0 Å². The highest BCUT2D eigenvalue weighted by Gasteiger charge is 2.11. The lowest BCUT2D eigenvalue weighted by Gasteiger charge is -2.10. The van der Waals surface area contributed by atoms with E-state index in [9.17, 15) is 4.79 Å². The molecular weight excluding hydrogens is 310 g/mol. The Balaban J connectivity index is 1.72. The van der Waals surface area contributed by atoms with Gasteiger partial charge < -0.3 is 9.88 Å². The fourth-order valence-electron chi connectivity index (χ4n) is 3.09. The number of rotatable bonds is 8. The summed E-state index contributed by atoms with van der Waals surface area (Å²) in [5.74, 6) is 1.02. The molecule has 4 nitrogen and oxygen atoms in total. The molecule has 0 atom stereocenters. The first-order valence-corrected chi connectivity index (χ1v) is 9.02. The number of fused-ring (bicyclic) bond motifs is 1. The zero-order valence-corrected chi connectivity index (χ0v) is 14.7. The molecule has 0 aliphatic carbocycles. The summed E-state index contributed by atoms with van der Waals surface area (Å²) < 4.78 is 2.24. The van der Waals surface area contributed by atoms with Crippen molar-refractivity contribution in [1.29, 1.82) is 0 Å². The molecule has 25 heavy (non-hydrogen) atoms. The SMILES string of the molecule is CCCC(=O)NCc1nc2ccccc2n1CCCc1ccccc1. The van der Waals surface area contributed by atoms with Crippen LogP contribution in [0.2, 0.25) is 0 Å². The molecular formula is C21H25N3O. The molecule has 0 fully saturated rings. The largest absolute Gasteiger partial charge is 0.349 e. The van der Waals surface area contributed by atoms with Crippen LogP contribution < -0.4 is 5.32 Å². The average Bonchev–Trinajstić information content (AvgIpc) is 2.99. The van der Waals surface area contributed by atoms with Crippen molar-refractivity contribution in [2.75, 3.05) is 0 Å². The van der Waals surface area contributed by atoms with Crippen molar-refractivity contribution in [2.45, 2.75) is 45.7 Å². The summed E-state index contributed by atoms with van der Waals surface area (Å²) in [6, 6.07) is 18.7. The maximum atomic E-state index is 11.8. The summed E-state index contributed by atoms with van der Waals surface area (Å²) in [5, 5.41) is 2.99. The van der Waals surface area contributed by atoms with Gasteiger partial charge in [-0.05, 0) is 37.0 Å². The normalized spacial score (nSPS) is 10.9. The predicted molar refractivity (Wildman–Crippen MR) is 101 cm³/mol. The topological polar surface area (TPSA) is 46.9 Å². The smallest absolute Gasteiger partial charge is 0.220 e. The lowest BCUT2D eigenvalue weighted by molar-refractivity contribution is -0.121. The van der Waals surface area contributed by atoms with Crippen LogP contribution in [-0.2, 0) is 24.3 Å². The number of imidazole rings is 1. The van der Waals surface area contributed by atoms with Crippen molar-refractivity contribution in [3.05, 3.63) is 66.0 Å². The van der Waals surface area contributed by atoms with E-state index >= 15 is 0 Å². The van der Waals surface area contributed by atoms with Crippen LogP contribution in [0.25, 0.3) is 11.0 Å². The fraction of sp³-hybridized carbons (Fsp3) is 0.333. The quantitative estimate of drug-likeness (QED) is 0.674. The van der Waals surface area contributed by atoms with Crippen molar-refractivity contribution >= 4 is 16.9 Å². The number of benzene rings is 2. The molecule has 0 spiro atoms. The Morgan fingerprint density at radius 2 is 1.84 bits per heavy atom. The highest BCUT2D eigenvalue weighted by molar-refractivity contribution is 5.77. The van der Waals surface area contributed by atoms with Gasteiger partial charge in [-0.3, -0.25) is 4.79 Å². The maximum Gasteiger partial charge on any atom is 0.220 e. The molecule has 1 amide bonds. The van der Waals surface area contributed by atoms with E-state index in [0.29, 0.717) is 13.0 Å². The number of carbonyl (C=O) groups is 1. The zero-order valence-electron chi connectivity index (χ0n) is 14.7. The molecule has 0 unspecified atom stereocenters. The highest BCUT2D eigenvalue weighted by atomic mass is 16.1. The Labute approximate surface area is 148 Å². The van der Waals surface area contributed by atoms with Crippen LogP contribution >= 0.6 is 0 Å². The van der Waals surface area contributed by atoms with Crippen molar-refractivity contribution in [3.8, 4) is 0 Å². The van der Waals surface area contributed by atoms with E-state index in [-0.39, 0.29) is 5.91 Å². The van der Waals surface area contributed by atoms with Crippen LogP contribution in [0.1, 0.15) is 37.6 Å². The molecule has 130 valence electrons. The molecule has 0 aliphatic rings. The third kappa shape index (κ3) is 4.47. The second-order valence-corrected chi connectivity index (χ2v) is 6.28. The summed E-state index contributed by atoms with van der Waals surface area (Å²) in [6.07, 6.45) is 3.50. The Hall–Kier alpha value is -2.62. The minimum absolute atomic E-state index is 0.0883. The number of aromatic nitrogens is 2. The first-order chi connectivity index (χ1) is 12.3. The van der Waals surface area contributed by atoms with Crippen molar-refractivity contribution in [1.82, 2.24) is 14.9 Å². The van der Waals surface area contributed by atoms with E-state index in [1.54, 1.807) is 0 Å². The molecule has 3 aromatic rings. The van der Waals surface area contributed by atoms with E-state index in [2.05, 4.69) is 40.2 Å². The number of nitrogens with zero attached hydrogens (tertiary/aromatic N) is 2. The van der Waals surface area contributed by atoms with E-state index in [1.165, 1.54) is 5.56 Å². The summed E-state index contributed by atoms with van der Waals surface area (Å²) in [7, 11) is 0. The number of amides is 1. The van der Waals surface area contributed by atoms with Gasteiger partial charge in [-0.15, -0.1) is 0 Å². The Bertz CT molecular complexity index is 824. The summed E-state index contributed by atoms with van der Waals surface area (Å²) in [5.41, 5.74) is 3.47. The molecule has 1 aromatic heterocycles. The minimum atomic E-state index is 0.0883. The van der Waals surface area contributed by atoms with Crippen molar-refractivity contribution in [3.63, 3.8) is 0 Å². The monoisotopic (exact) mass is 335 g/mol. The van der Waals surface area contributed by atoms with Gasteiger partial charge in [0.05, 0.1) is 17.6 Å². The van der Waals surface area contributed by atoms with E-state index < -0.39 is 0 Å². The van der Waals surface area contributed by atoms with Crippen LogP contribution in [-0.4, -0.2) is 15.5 Å². The van der Waals surface area contributed by atoms with Crippen LogP contribution in [0.4, 0.5) is 0 Å². The average molecular weight is 335 g/mol. The lowest BCUT2D eigenvalue weighted by atomic mass is 10.1. The van der Waals surface area contributed by atoms with Gasteiger partial charge in [0.15, 0.2) is 0 Å². The fourth-order valence-corrected chi connectivity index (χ4v) is 3.09. The van der Waals surface area contributed by atoms with Gasteiger partial charge in [-0.25, -0.2) is 4.98 Å². The van der Waals surface area contributed by atoms with Crippen molar-refractivity contribution < 1.29 is 4.79 Å². The second-order valence-electron chi connectivity index (χ2n) is 6.28. The van der Waals surface area contributed by atoms with E-state index in [0.717, 1.165) is 42.7 Å². The molecule has 4 heteroatoms. The molecule has 2 aromatic carbocycles. The van der Waals surface area contributed by atoms with Gasteiger partial charge >= 0.3 is 0 Å². The first kappa shape index (κ1) is 17.2. The molecule has 0 bridgehead atoms. The maximum absolute atomic E-state index is 11.8. The molecule has 3 rings (SSSR count). The minimum Gasteiger partial charge on any atom is -0.349 e. The molecule has 1 N–H and O–H groups in total. The number of hydrogen-bond acceptors (Lipinski definition) is 2. The predicted octanol–water partition coefficient (Wildman–Crippen LogP) is 4.09. The van der Waals surface area contributed by atoms with Crippen LogP contribution in [0.15, 0.2) is 54.6 Å². The van der Waals surface area contributed by atoms with Crippen molar-refractivity contribution in [2.24, 2.45) is 0 Å². The Morgan fingerprint density at radius 3 is 2.64 bits per heavy atom. The van der Waals surface area contributed by atoms with Gasteiger partial charge in [0, 0.05) is 13.0 Å². The van der Waals surface area contributed by atoms with Gasteiger partial charge in [-0.2, -0.15) is 0 Å². The molecule has 1 heterocycles. The molecule has 0 saturated carbocycles. The molecule has 0 aliphatic heterocycles. The number of carbonyl (C=O) groups excluding carboxylic acids is 1.